The van der Waals surface area contributed by atoms with E-state index in [0.29, 0.717) is 12.0 Å². The molecule has 5 aromatic rings. The van der Waals surface area contributed by atoms with E-state index in [0.717, 1.165) is 27.6 Å². The standard InChI is InChI=1S/C34H29O2P/c35-33(28-16-6-1-7-17-28)34(29-18-8-2-9-19-29)26-27-37(36-34,30-20-10-3-11-21-30,31-22-12-4-13-23-31)32-24-14-5-15-25-32/h1-25H,26-27H2/t34-/m0/s1. The van der Waals surface area contributed by atoms with Crippen molar-refractivity contribution in [2.24, 2.45) is 0 Å². The Kier molecular flexibility index (Phi) is 5.88. The van der Waals surface area contributed by atoms with Crippen LogP contribution in [0.3, 0.4) is 0 Å². The molecule has 0 aliphatic carbocycles. The van der Waals surface area contributed by atoms with Gasteiger partial charge in [0.1, 0.15) is 0 Å². The van der Waals surface area contributed by atoms with Crippen molar-refractivity contribution in [2.75, 3.05) is 6.16 Å². The predicted molar refractivity (Wildman–Crippen MR) is 155 cm³/mol. The number of rotatable bonds is 6. The van der Waals surface area contributed by atoms with Crippen molar-refractivity contribution in [3.05, 3.63) is 163 Å². The van der Waals surface area contributed by atoms with Gasteiger partial charge in [0.05, 0.1) is 0 Å². The maximum absolute atomic E-state index is 14.6. The van der Waals surface area contributed by atoms with Gasteiger partial charge in [-0.05, 0) is 0 Å². The second kappa shape index (κ2) is 9.23. The third kappa shape index (κ3) is 3.52. The van der Waals surface area contributed by atoms with Crippen molar-refractivity contribution >= 4 is 28.5 Å². The SMILES string of the molecule is O=C(c1ccccc1)[C@@]1(c2ccccc2)CCP(c2ccccc2)(c2ccccc2)(c2ccccc2)O1. The van der Waals surface area contributed by atoms with Crippen LogP contribution in [-0.4, -0.2) is 11.9 Å². The van der Waals surface area contributed by atoms with Gasteiger partial charge in [0.15, 0.2) is 0 Å². The van der Waals surface area contributed by atoms with E-state index in [1.54, 1.807) is 0 Å². The molecule has 1 aliphatic heterocycles. The minimum absolute atomic E-state index is 0.00796. The molecule has 37 heavy (non-hydrogen) atoms. The summed E-state index contributed by atoms with van der Waals surface area (Å²) < 4.78 is 7.77. The summed E-state index contributed by atoms with van der Waals surface area (Å²) in [5.41, 5.74) is 0.444. The van der Waals surface area contributed by atoms with E-state index < -0.39 is 12.4 Å². The molecule has 2 nitrogen and oxygen atoms in total. The van der Waals surface area contributed by atoms with Crippen LogP contribution in [0.5, 0.6) is 0 Å². The van der Waals surface area contributed by atoms with Gasteiger partial charge in [0, 0.05) is 0 Å². The monoisotopic (exact) mass is 500 g/mol. The zero-order valence-electron chi connectivity index (χ0n) is 20.6. The first-order valence-electron chi connectivity index (χ1n) is 12.7. The van der Waals surface area contributed by atoms with Gasteiger partial charge in [-0.3, -0.25) is 0 Å². The van der Waals surface area contributed by atoms with Crippen LogP contribution in [0.25, 0.3) is 0 Å². The second-order valence-electron chi connectivity index (χ2n) is 9.67. The molecule has 0 aromatic heterocycles. The average molecular weight is 501 g/mol. The van der Waals surface area contributed by atoms with Crippen LogP contribution < -0.4 is 15.9 Å². The summed E-state index contributed by atoms with van der Waals surface area (Å²) >= 11 is 0. The molecular weight excluding hydrogens is 471 g/mol. The molecule has 3 heteroatoms. The summed E-state index contributed by atoms with van der Waals surface area (Å²) in [5.74, 6) is 0.00796. The number of hydrogen-bond acceptors (Lipinski definition) is 2. The van der Waals surface area contributed by atoms with Crippen molar-refractivity contribution in [1.82, 2.24) is 0 Å². The number of ketones is 1. The number of benzene rings is 5. The van der Waals surface area contributed by atoms with Gasteiger partial charge in [-0.1, -0.05) is 0 Å². The van der Waals surface area contributed by atoms with E-state index in [1.807, 2.05) is 78.9 Å². The second-order valence-corrected chi connectivity index (χ2v) is 14.3. The number of hydrogen-bond donors (Lipinski definition) is 0. The Labute approximate surface area is 218 Å². The molecule has 0 spiro atoms. The van der Waals surface area contributed by atoms with Crippen LogP contribution in [0.1, 0.15) is 22.3 Å². The van der Waals surface area contributed by atoms with Crippen LogP contribution in [0.2, 0.25) is 0 Å². The Hall–Kier alpha value is -3.84. The summed E-state index contributed by atoms with van der Waals surface area (Å²) in [7, 11) is 0. The Morgan fingerprint density at radius 3 is 1.35 bits per heavy atom. The fourth-order valence-corrected chi connectivity index (χ4v) is 12.2. The Morgan fingerprint density at radius 2 is 0.919 bits per heavy atom. The minimum atomic E-state index is -3.57. The van der Waals surface area contributed by atoms with Crippen molar-refractivity contribution in [1.29, 1.82) is 0 Å². The molecule has 1 atom stereocenters. The molecule has 0 bridgehead atoms. The fourth-order valence-electron chi connectivity index (χ4n) is 6.04. The quantitative estimate of drug-likeness (QED) is 0.193. The molecule has 1 heterocycles. The Bertz CT molecular complexity index is 1400. The van der Waals surface area contributed by atoms with E-state index in [9.17, 15) is 4.79 Å². The zero-order valence-corrected chi connectivity index (χ0v) is 21.5. The summed E-state index contributed by atoms with van der Waals surface area (Å²) in [6.45, 7) is -3.57. The van der Waals surface area contributed by atoms with Crippen molar-refractivity contribution in [3.8, 4) is 0 Å². The molecule has 6 rings (SSSR count). The number of carbonyl (C=O) groups is 1. The molecule has 0 unspecified atom stereocenters. The summed E-state index contributed by atoms with van der Waals surface area (Å²) in [5, 5.41) is 3.43. The zero-order chi connectivity index (χ0) is 25.2. The summed E-state index contributed by atoms with van der Waals surface area (Å²) in [6, 6.07) is 51.4. The average Bonchev–Trinajstić information content (AvgIpc) is 3.39. The van der Waals surface area contributed by atoms with Gasteiger partial charge in [-0.15, -0.1) is 0 Å². The molecule has 1 aliphatic rings. The Balaban J connectivity index is 1.71. The maximum atomic E-state index is 14.6. The van der Waals surface area contributed by atoms with E-state index in [2.05, 4.69) is 72.8 Å². The predicted octanol–water partition coefficient (Wildman–Crippen LogP) is 6.63. The molecule has 1 saturated heterocycles. The van der Waals surface area contributed by atoms with Crippen LogP contribution in [0.4, 0.5) is 0 Å². The first kappa shape index (κ1) is 23.6. The molecule has 0 amide bonds. The first-order valence-corrected chi connectivity index (χ1v) is 15.1. The van der Waals surface area contributed by atoms with Crippen LogP contribution in [-0.2, 0) is 10.1 Å². The first-order chi connectivity index (χ1) is 18.2. The van der Waals surface area contributed by atoms with Crippen molar-refractivity contribution in [3.63, 3.8) is 0 Å². The fraction of sp³-hybridized carbons (Fsp3) is 0.0882. The normalized spacial score (nSPS) is 20.9. The van der Waals surface area contributed by atoms with E-state index >= 15 is 0 Å². The van der Waals surface area contributed by atoms with Gasteiger partial charge in [0.2, 0.25) is 0 Å². The molecule has 0 saturated carbocycles. The molecule has 182 valence electrons. The third-order valence-electron chi connectivity index (χ3n) is 7.80. The Morgan fingerprint density at radius 1 is 0.541 bits per heavy atom. The third-order valence-corrected chi connectivity index (χ3v) is 13.8. The van der Waals surface area contributed by atoms with Gasteiger partial charge < -0.3 is 0 Å². The molecule has 0 N–H and O–H groups in total. The van der Waals surface area contributed by atoms with E-state index in [4.69, 9.17) is 4.52 Å². The molecular formula is C34H29O2P. The van der Waals surface area contributed by atoms with E-state index in [1.165, 1.54) is 0 Å². The van der Waals surface area contributed by atoms with Crippen molar-refractivity contribution in [2.45, 2.75) is 12.0 Å². The topological polar surface area (TPSA) is 26.3 Å². The van der Waals surface area contributed by atoms with Crippen LogP contribution in [0.15, 0.2) is 152 Å². The van der Waals surface area contributed by atoms with Crippen LogP contribution in [0, 0.1) is 0 Å². The van der Waals surface area contributed by atoms with Gasteiger partial charge in [0.25, 0.3) is 0 Å². The van der Waals surface area contributed by atoms with Crippen LogP contribution >= 0.6 is 6.83 Å². The molecule has 5 aromatic carbocycles. The van der Waals surface area contributed by atoms with Gasteiger partial charge >= 0.3 is 219 Å². The van der Waals surface area contributed by atoms with E-state index in [-0.39, 0.29) is 5.78 Å². The number of Topliss-reactive ketones (excluding diaryl/α,β-unsaturated/α-hetero) is 1. The van der Waals surface area contributed by atoms with Gasteiger partial charge in [-0.2, -0.15) is 0 Å². The summed E-state index contributed by atoms with van der Waals surface area (Å²) in [4.78, 5) is 14.6. The van der Waals surface area contributed by atoms with Crippen molar-refractivity contribution < 1.29 is 9.32 Å². The number of carbonyl (C=O) groups excluding carboxylic acids is 1. The molecule has 0 radical (unpaired) electrons. The molecule has 1 fully saturated rings. The summed E-state index contributed by atoms with van der Waals surface area (Å²) in [6.07, 6.45) is 1.32. The van der Waals surface area contributed by atoms with Gasteiger partial charge in [-0.25, -0.2) is 0 Å².